The lowest BCUT2D eigenvalue weighted by Crippen LogP contribution is -2.47. The molecule has 72 valence electrons. The summed E-state index contributed by atoms with van der Waals surface area (Å²) in [6, 6.07) is 0.478. The molecule has 1 rings (SSSR count). The van der Waals surface area contributed by atoms with E-state index >= 15 is 0 Å². The Kier molecular flexibility index (Phi) is 3.32. The second-order valence-electron chi connectivity index (χ2n) is 3.51. The van der Waals surface area contributed by atoms with Gasteiger partial charge in [-0.3, -0.25) is 4.79 Å². The molecule has 13 heavy (non-hydrogen) atoms. The van der Waals surface area contributed by atoms with Gasteiger partial charge in [-0.1, -0.05) is 5.92 Å². The van der Waals surface area contributed by atoms with E-state index in [4.69, 9.17) is 5.73 Å². The van der Waals surface area contributed by atoms with Crippen molar-refractivity contribution in [3.63, 3.8) is 0 Å². The molecule has 0 saturated carbocycles. The van der Waals surface area contributed by atoms with Crippen molar-refractivity contribution in [1.29, 1.82) is 0 Å². The second-order valence-corrected chi connectivity index (χ2v) is 3.51. The molecule has 0 radical (unpaired) electrons. The SMILES string of the molecule is CC#CC(=O)N1CCC(N)CC1C. The number of amides is 1. The maximum atomic E-state index is 11.4. The average Bonchev–Trinajstić information content (AvgIpc) is 2.04. The Labute approximate surface area is 79.3 Å². The smallest absolute Gasteiger partial charge is 0.298 e. The number of carbonyl (C=O) groups excluding carboxylic acids is 1. The summed E-state index contributed by atoms with van der Waals surface area (Å²) in [6.07, 6.45) is 1.78. The minimum Gasteiger partial charge on any atom is -0.329 e. The summed E-state index contributed by atoms with van der Waals surface area (Å²) in [4.78, 5) is 13.2. The molecule has 2 unspecified atom stereocenters. The van der Waals surface area contributed by atoms with Gasteiger partial charge in [0.2, 0.25) is 0 Å². The highest BCUT2D eigenvalue weighted by molar-refractivity contribution is 5.93. The first-order valence-electron chi connectivity index (χ1n) is 4.64. The van der Waals surface area contributed by atoms with Crippen LogP contribution in [-0.2, 0) is 4.79 Å². The minimum atomic E-state index is -0.0677. The van der Waals surface area contributed by atoms with Crippen molar-refractivity contribution < 1.29 is 4.79 Å². The summed E-state index contributed by atoms with van der Waals surface area (Å²) in [7, 11) is 0. The summed E-state index contributed by atoms with van der Waals surface area (Å²) < 4.78 is 0. The van der Waals surface area contributed by atoms with Crippen LogP contribution in [0.5, 0.6) is 0 Å². The summed E-state index contributed by atoms with van der Waals surface area (Å²) in [6.45, 7) is 4.45. The Balaban J connectivity index is 2.59. The molecule has 1 aliphatic heterocycles. The van der Waals surface area contributed by atoms with Crippen LogP contribution in [0.4, 0.5) is 0 Å². The molecule has 2 atom stereocenters. The van der Waals surface area contributed by atoms with E-state index in [-0.39, 0.29) is 18.0 Å². The Morgan fingerprint density at radius 1 is 1.62 bits per heavy atom. The van der Waals surface area contributed by atoms with Crippen molar-refractivity contribution in [2.24, 2.45) is 5.73 Å². The lowest BCUT2D eigenvalue weighted by atomic mass is 9.99. The lowest BCUT2D eigenvalue weighted by Gasteiger charge is -2.35. The first-order chi connectivity index (χ1) is 6.15. The van der Waals surface area contributed by atoms with Crippen LogP contribution in [0.15, 0.2) is 0 Å². The Hall–Kier alpha value is -1.01. The van der Waals surface area contributed by atoms with E-state index in [9.17, 15) is 4.79 Å². The van der Waals surface area contributed by atoms with Crippen molar-refractivity contribution in [2.45, 2.75) is 38.8 Å². The van der Waals surface area contributed by atoms with E-state index < -0.39 is 0 Å². The number of nitrogens with two attached hydrogens (primary N) is 1. The fourth-order valence-corrected chi connectivity index (χ4v) is 1.69. The maximum Gasteiger partial charge on any atom is 0.298 e. The van der Waals surface area contributed by atoms with Crippen molar-refractivity contribution in [3.05, 3.63) is 0 Å². The van der Waals surface area contributed by atoms with Gasteiger partial charge >= 0.3 is 0 Å². The number of nitrogens with zero attached hydrogens (tertiary/aromatic N) is 1. The van der Waals surface area contributed by atoms with Crippen molar-refractivity contribution in [2.75, 3.05) is 6.54 Å². The van der Waals surface area contributed by atoms with Gasteiger partial charge in [-0.25, -0.2) is 0 Å². The van der Waals surface area contributed by atoms with Crippen LogP contribution in [0.3, 0.4) is 0 Å². The first-order valence-corrected chi connectivity index (χ1v) is 4.64. The maximum absolute atomic E-state index is 11.4. The molecule has 3 heteroatoms. The van der Waals surface area contributed by atoms with Crippen LogP contribution in [-0.4, -0.2) is 29.4 Å². The van der Waals surface area contributed by atoms with Gasteiger partial charge in [0.15, 0.2) is 0 Å². The third-order valence-corrected chi connectivity index (χ3v) is 2.41. The van der Waals surface area contributed by atoms with Crippen LogP contribution in [0.25, 0.3) is 0 Å². The molecule has 0 aromatic rings. The number of rotatable bonds is 0. The zero-order valence-corrected chi connectivity index (χ0v) is 8.21. The molecule has 1 saturated heterocycles. The monoisotopic (exact) mass is 180 g/mol. The fraction of sp³-hybridized carbons (Fsp3) is 0.700. The molecule has 3 nitrogen and oxygen atoms in total. The Bertz CT molecular complexity index is 251. The second kappa shape index (κ2) is 4.29. The number of carbonyl (C=O) groups is 1. The normalized spacial score (nSPS) is 27.8. The van der Waals surface area contributed by atoms with Gasteiger partial charge in [0, 0.05) is 18.6 Å². The molecule has 0 aromatic heterocycles. The quantitative estimate of drug-likeness (QED) is 0.547. The molecule has 1 aliphatic rings. The Morgan fingerprint density at radius 2 is 2.31 bits per heavy atom. The molecular formula is C10H16N2O. The predicted molar refractivity (Wildman–Crippen MR) is 51.8 cm³/mol. The third-order valence-electron chi connectivity index (χ3n) is 2.41. The number of likely N-dealkylation sites (tertiary alicyclic amines) is 1. The van der Waals surface area contributed by atoms with E-state index in [2.05, 4.69) is 11.8 Å². The van der Waals surface area contributed by atoms with Crippen LogP contribution >= 0.6 is 0 Å². The Morgan fingerprint density at radius 3 is 2.85 bits per heavy atom. The number of piperidine rings is 1. The lowest BCUT2D eigenvalue weighted by molar-refractivity contribution is -0.128. The number of hydrogen-bond donors (Lipinski definition) is 1. The van der Waals surface area contributed by atoms with Crippen LogP contribution in [0.1, 0.15) is 26.7 Å². The fourth-order valence-electron chi connectivity index (χ4n) is 1.69. The molecule has 0 bridgehead atoms. The molecule has 0 aliphatic carbocycles. The minimum absolute atomic E-state index is 0.0677. The zero-order valence-electron chi connectivity index (χ0n) is 8.21. The van der Waals surface area contributed by atoms with Gasteiger partial charge in [0.1, 0.15) is 0 Å². The van der Waals surface area contributed by atoms with Gasteiger partial charge in [0.25, 0.3) is 5.91 Å². The summed E-state index contributed by atoms with van der Waals surface area (Å²) in [5.74, 6) is 5.11. The highest BCUT2D eigenvalue weighted by Crippen LogP contribution is 2.15. The van der Waals surface area contributed by atoms with Gasteiger partial charge < -0.3 is 10.6 Å². The first kappa shape index (κ1) is 10.1. The zero-order chi connectivity index (χ0) is 9.84. The summed E-state index contributed by atoms with van der Waals surface area (Å²) in [5.41, 5.74) is 5.79. The highest BCUT2D eigenvalue weighted by Gasteiger charge is 2.25. The van der Waals surface area contributed by atoms with Crippen molar-refractivity contribution >= 4 is 5.91 Å². The van der Waals surface area contributed by atoms with E-state index in [1.165, 1.54) is 0 Å². The molecule has 1 heterocycles. The molecular weight excluding hydrogens is 164 g/mol. The van der Waals surface area contributed by atoms with Gasteiger partial charge in [-0.05, 0) is 32.6 Å². The average molecular weight is 180 g/mol. The van der Waals surface area contributed by atoms with E-state index in [1.807, 2.05) is 6.92 Å². The molecule has 0 spiro atoms. The van der Waals surface area contributed by atoms with Crippen molar-refractivity contribution in [1.82, 2.24) is 4.90 Å². The summed E-state index contributed by atoms with van der Waals surface area (Å²) >= 11 is 0. The van der Waals surface area contributed by atoms with Crippen LogP contribution < -0.4 is 5.73 Å². The standard InChI is InChI=1S/C10H16N2O/c1-3-4-10(13)12-6-5-9(11)7-8(12)2/h8-9H,5-7,11H2,1-2H3. The van der Waals surface area contributed by atoms with Crippen LogP contribution in [0.2, 0.25) is 0 Å². The van der Waals surface area contributed by atoms with Crippen molar-refractivity contribution in [3.8, 4) is 11.8 Å². The number of hydrogen-bond acceptors (Lipinski definition) is 2. The molecule has 1 fully saturated rings. The summed E-state index contributed by atoms with van der Waals surface area (Å²) in [5, 5.41) is 0. The van der Waals surface area contributed by atoms with Gasteiger partial charge in [-0.2, -0.15) is 0 Å². The van der Waals surface area contributed by atoms with Gasteiger partial charge in [0.05, 0.1) is 0 Å². The highest BCUT2D eigenvalue weighted by atomic mass is 16.2. The largest absolute Gasteiger partial charge is 0.329 e. The molecule has 0 aromatic carbocycles. The third kappa shape index (κ3) is 2.46. The molecule has 2 N–H and O–H groups in total. The molecule has 1 amide bonds. The van der Waals surface area contributed by atoms with E-state index in [0.29, 0.717) is 0 Å². The van der Waals surface area contributed by atoms with E-state index in [0.717, 1.165) is 19.4 Å². The predicted octanol–water partition coefficient (Wildman–Crippen LogP) is 0.348. The van der Waals surface area contributed by atoms with E-state index in [1.54, 1.807) is 11.8 Å². The van der Waals surface area contributed by atoms with Gasteiger partial charge in [-0.15, -0.1) is 0 Å². The topological polar surface area (TPSA) is 46.3 Å². The van der Waals surface area contributed by atoms with Crippen LogP contribution in [0, 0.1) is 11.8 Å².